The first kappa shape index (κ1) is 16.0. The van der Waals surface area contributed by atoms with Gasteiger partial charge in [0.2, 0.25) is 15.7 Å². The van der Waals surface area contributed by atoms with Crippen LogP contribution in [-0.2, 0) is 14.6 Å². The molecule has 0 unspecified atom stereocenters. The molecule has 5 nitrogen and oxygen atoms in total. The van der Waals surface area contributed by atoms with Crippen LogP contribution >= 0.6 is 0 Å². The Kier molecular flexibility index (Phi) is 4.23. The van der Waals surface area contributed by atoms with E-state index in [1.54, 1.807) is 18.2 Å². The lowest BCUT2D eigenvalue weighted by molar-refractivity contribution is -0.114. The molecule has 0 aliphatic heterocycles. The zero-order chi connectivity index (χ0) is 16.5. The van der Waals surface area contributed by atoms with Crippen molar-refractivity contribution in [2.75, 3.05) is 11.1 Å². The van der Waals surface area contributed by atoms with Gasteiger partial charge in [-0.3, -0.25) is 4.79 Å². The summed E-state index contributed by atoms with van der Waals surface area (Å²) >= 11 is 0. The molecule has 2 rings (SSSR count). The Morgan fingerprint density at radius 2 is 1.59 bits per heavy atom. The molecule has 0 saturated carbocycles. The number of rotatable bonds is 3. The molecule has 116 valence electrons. The van der Waals surface area contributed by atoms with Gasteiger partial charge >= 0.3 is 0 Å². The third-order valence-corrected chi connectivity index (χ3v) is 5.18. The standard InChI is InChI=1S/C16H18N2O3S/c1-10-4-5-13(8-11(10)2)22(20,21)14-6-7-15(17)16(9-14)18-12(3)19/h4-9H,17H2,1-3H3,(H,18,19). The van der Waals surface area contributed by atoms with E-state index in [0.29, 0.717) is 5.69 Å². The highest BCUT2D eigenvalue weighted by Gasteiger charge is 2.19. The Balaban J connectivity index is 2.53. The van der Waals surface area contributed by atoms with Gasteiger partial charge in [-0.2, -0.15) is 0 Å². The van der Waals surface area contributed by atoms with Crippen molar-refractivity contribution in [3.8, 4) is 0 Å². The molecular weight excluding hydrogens is 300 g/mol. The summed E-state index contributed by atoms with van der Waals surface area (Å²) in [6, 6.07) is 9.27. The summed E-state index contributed by atoms with van der Waals surface area (Å²) in [6.07, 6.45) is 0. The molecule has 2 aromatic carbocycles. The first-order valence-corrected chi connectivity index (χ1v) is 8.19. The van der Waals surface area contributed by atoms with Gasteiger partial charge in [-0.05, 0) is 55.3 Å². The molecule has 0 aliphatic rings. The van der Waals surface area contributed by atoms with Gasteiger partial charge in [-0.15, -0.1) is 0 Å². The molecule has 0 aromatic heterocycles. The molecule has 0 atom stereocenters. The SMILES string of the molecule is CC(=O)Nc1cc(S(=O)(=O)c2ccc(C)c(C)c2)ccc1N. The van der Waals surface area contributed by atoms with Crippen LogP contribution < -0.4 is 11.1 Å². The van der Waals surface area contributed by atoms with E-state index in [0.717, 1.165) is 11.1 Å². The number of amides is 1. The zero-order valence-electron chi connectivity index (χ0n) is 12.7. The fraction of sp³-hybridized carbons (Fsp3) is 0.188. The Morgan fingerprint density at radius 1 is 1.00 bits per heavy atom. The predicted molar refractivity (Wildman–Crippen MR) is 86.5 cm³/mol. The molecule has 0 fully saturated rings. The van der Waals surface area contributed by atoms with Gasteiger partial charge in [-0.1, -0.05) is 6.07 Å². The van der Waals surface area contributed by atoms with Crippen molar-refractivity contribution in [3.63, 3.8) is 0 Å². The minimum Gasteiger partial charge on any atom is -0.397 e. The van der Waals surface area contributed by atoms with Crippen molar-refractivity contribution in [1.29, 1.82) is 0 Å². The molecule has 0 spiro atoms. The van der Waals surface area contributed by atoms with Crippen molar-refractivity contribution in [2.45, 2.75) is 30.6 Å². The van der Waals surface area contributed by atoms with E-state index in [4.69, 9.17) is 5.73 Å². The Labute approximate surface area is 130 Å². The second kappa shape index (κ2) is 5.81. The van der Waals surface area contributed by atoms with E-state index in [9.17, 15) is 13.2 Å². The minimum absolute atomic E-state index is 0.0914. The quantitative estimate of drug-likeness (QED) is 0.851. The summed E-state index contributed by atoms with van der Waals surface area (Å²) < 4.78 is 25.4. The summed E-state index contributed by atoms with van der Waals surface area (Å²) in [4.78, 5) is 11.5. The molecule has 3 N–H and O–H groups in total. The lowest BCUT2D eigenvalue weighted by atomic mass is 10.1. The van der Waals surface area contributed by atoms with Crippen LogP contribution in [0.3, 0.4) is 0 Å². The second-order valence-electron chi connectivity index (χ2n) is 5.18. The van der Waals surface area contributed by atoms with E-state index >= 15 is 0 Å². The highest BCUT2D eigenvalue weighted by atomic mass is 32.2. The predicted octanol–water partition coefficient (Wildman–Crippen LogP) is 2.68. The van der Waals surface area contributed by atoms with Crippen LogP contribution in [0.2, 0.25) is 0 Å². The lowest BCUT2D eigenvalue weighted by Crippen LogP contribution is -2.10. The van der Waals surface area contributed by atoms with Crippen LogP contribution in [0.4, 0.5) is 11.4 Å². The van der Waals surface area contributed by atoms with Gasteiger partial charge in [0, 0.05) is 6.92 Å². The summed E-state index contributed by atoms with van der Waals surface area (Å²) in [5.41, 5.74) is 8.28. The Hall–Kier alpha value is -2.34. The first-order chi connectivity index (χ1) is 10.2. The molecule has 1 amide bonds. The maximum atomic E-state index is 12.7. The van der Waals surface area contributed by atoms with E-state index < -0.39 is 9.84 Å². The molecule has 0 saturated heterocycles. The number of nitrogens with two attached hydrogens (primary N) is 1. The number of hydrogen-bond donors (Lipinski definition) is 2. The maximum Gasteiger partial charge on any atom is 0.221 e. The van der Waals surface area contributed by atoms with Gasteiger partial charge in [-0.25, -0.2) is 8.42 Å². The Bertz CT molecular complexity index is 842. The number of nitrogens with one attached hydrogen (secondary N) is 1. The lowest BCUT2D eigenvalue weighted by Gasteiger charge is -2.11. The maximum absolute atomic E-state index is 12.7. The van der Waals surface area contributed by atoms with Crippen LogP contribution in [0.5, 0.6) is 0 Å². The number of hydrogen-bond acceptors (Lipinski definition) is 4. The third-order valence-electron chi connectivity index (χ3n) is 3.43. The minimum atomic E-state index is -3.66. The monoisotopic (exact) mass is 318 g/mol. The van der Waals surface area contributed by atoms with E-state index in [1.165, 1.54) is 25.1 Å². The normalized spacial score (nSPS) is 11.2. The Morgan fingerprint density at radius 3 is 2.18 bits per heavy atom. The van der Waals surface area contributed by atoms with Gasteiger partial charge < -0.3 is 11.1 Å². The topological polar surface area (TPSA) is 89.3 Å². The number of sulfone groups is 1. The van der Waals surface area contributed by atoms with Crippen molar-refractivity contribution >= 4 is 27.1 Å². The number of anilines is 2. The summed E-state index contributed by atoms with van der Waals surface area (Å²) in [7, 11) is -3.66. The van der Waals surface area contributed by atoms with Crippen LogP contribution in [-0.4, -0.2) is 14.3 Å². The van der Waals surface area contributed by atoms with Crippen molar-refractivity contribution < 1.29 is 13.2 Å². The molecule has 6 heteroatoms. The largest absolute Gasteiger partial charge is 0.397 e. The van der Waals surface area contributed by atoms with Crippen molar-refractivity contribution in [1.82, 2.24) is 0 Å². The third kappa shape index (κ3) is 3.12. The van der Waals surface area contributed by atoms with Gasteiger partial charge in [0.15, 0.2) is 0 Å². The van der Waals surface area contributed by atoms with Crippen LogP contribution in [0.1, 0.15) is 18.1 Å². The molecule has 22 heavy (non-hydrogen) atoms. The molecular formula is C16H18N2O3S. The van der Waals surface area contributed by atoms with Crippen LogP contribution in [0, 0.1) is 13.8 Å². The second-order valence-corrected chi connectivity index (χ2v) is 7.13. The highest BCUT2D eigenvalue weighted by Crippen LogP contribution is 2.28. The van der Waals surface area contributed by atoms with Crippen molar-refractivity contribution in [2.24, 2.45) is 0 Å². The van der Waals surface area contributed by atoms with E-state index in [2.05, 4.69) is 5.32 Å². The smallest absolute Gasteiger partial charge is 0.221 e. The number of benzene rings is 2. The molecule has 0 heterocycles. The highest BCUT2D eigenvalue weighted by molar-refractivity contribution is 7.91. The fourth-order valence-electron chi connectivity index (χ4n) is 2.02. The van der Waals surface area contributed by atoms with Crippen LogP contribution in [0.25, 0.3) is 0 Å². The average molecular weight is 318 g/mol. The van der Waals surface area contributed by atoms with Gasteiger partial charge in [0.05, 0.1) is 21.2 Å². The zero-order valence-corrected chi connectivity index (χ0v) is 13.5. The van der Waals surface area contributed by atoms with Crippen molar-refractivity contribution in [3.05, 3.63) is 47.5 Å². The summed E-state index contributed by atoms with van der Waals surface area (Å²) in [5.74, 6) is -0.313. The first-order valence-electron chi connectivity index (χ1n) is 6.71. The molecule has 0 aliphatic carbocycles. The number of nitrogen functional groups attached to an aromatic ring is 1. The summed E-state index contributed by atoms with van der Waals surface area (Å²) in [6.45, 7) is 5.12. The van der Waals surface area contributed by atoms with Crippen LogP contribution in [0.15, 0.2) is 46.2 Å². The molecule has 2 aromatic rings. The summed E-state index contributed by atoms with van der Waals surface area (Å²) in [5, 5.41) is 2.53. The number of carbonyl (C=O) groups excluding carboxylic acids is 1. The molecule has 0 radical (unpaired) electrons. The fourth-order valence-corrected chi connectivity index (χ4v) is 3.39. The van der Waals surface area contributed by atoms with E-state index in [-0.39, 0.29) is 21.4 Å². The average Bonchev–Trinajstić information content (AvgIpc) is 2.43. The number of carbonyl (C=O) groups is 1. The number of aryl methyl sites for hydroxylation is 2. The molecule has 0 bridgehead atoms. The van der Waals surface area contributed by atoms with Gasteiger partial charge in [0.1, 0.15) is 0 Å². The van der Waals surface area contributed by atoms with E-state index in [1.807, 2.05) is 13.8 Å². The van der Waals surface area contributed by atoms with Gasteiger partial charge in [0.25, 0.3) is 0 Å².